The molecule has 3 heterocycles. The Labute approximate surface area is 189 Å². The zero-order valence-electron chi connectivity index (χ0n) is 17.7. The summed E-state index contributed by atoms with van der Waals surface area (Å²) in [5.74, 6) is 0.572. The number of aromatic nitrogens is 5. The molecule has 1 fully saturated rings. The first kappa shape index (κ1) is 21.8. The van der Waals surface area contributed by atoms with Crippen molar-refractivity contribution >= 4 is 40.3 Å². The van der Waals surface area contributed by atoms with Crippen molar-refractivity contribution in [2.45, 2.75) is 46.1 Å². The molecule has 0 spiro atoms. The van der Waals surface area contributed by atoms with Crippen LogP contribution >= 0.6 is 23.2 Å². The average Bonchev–Trinajstić information content (AvgIpc) is 3.13. The number of fused-ring (bicyclic) bond motifs is 1. The fraction of sp³-hybridized carbons (Fsp3) is 0.476. The minimum absolute atomic E-state index is 0.0654. The zero-order chi connectivity index (χ0) is 22.3. The molecule has 10 heteroatoms. The highest BCUT2D eigenvalue weighted by Gasteiger charge is 2.32. The Morgan fingerprint density at radius 3 is 2.65 bits per heavy atom. The molecule has 31 heavy (non-hydrogen) atoms. The summed E-state index contributed by atoms with van der Waals surface area (Å²) >= 11 is 12.6. The molecular weight excluding hydrogens is 439 g/mol. The third-order valence-electron chi connectivity index (χ3n) is 5.50. The Morgan fingerprint density at radius 2 is 1.97 bits per heavy atom. The first-order chi connectivity index (χ1) is 14.6. The van der Waals surface area contributed by atoms with Crippen molar-refractivity contribution in [3.8, 4) is 0 Å². The molecular formula is C21H24Cl2N6O2. The molecule has 4 rings (SSSR count). The Hall–Kier alpha value is -2.45. The highest BCUT2D eigenvalue weighted by atomic mass is 35.5. The van der Waals surface area contributed by atoms with Gasteiger partial charge in [-0.25, -0.2) is 9.67 Å². The minimum Gasteiger partial charge on any atom is -0.342 e. The summed E-state index contributed by atoms with van der Waals surface area (Å²) < 4.78 is 1.53. The number of rotatable bonds is 3. The summed E-state index contributed by atoms with van der Waals surface area (Å²) in [6, 6.07) is 5.26. The number of piperidine rings is 1. The van der Waals surface area contributed by atoms with Gasteiger partial charge in [-0.05, 0) is 25.0 Å². The van der Waals surface area contributed by atoms with Crippen LogP contribution in [0.3, 0.4) is 0 Å². The molecule has 8 nitrogen and oxygen atoms in total. The van der Waals surface area contributed by atoms with E-state index in [0.717, 1.165) is 12.8 Å². The van der Waals surface area contributed by atoms with Gasteiger partial charge in [0.05, 0.1) is 6.54 Å². The number of carbonyl (C=O) groups is 1. The lowest BCUT2D eigenvalue weighted by molar-refractivity contribution is -0.140. The molecule has 1 aliphatic rings. The molecule has 1 saturated heterocycles. The Morgan fingerprint density at radius 1 is 1.26 bits per heavy atom. The number of hydrogen-bond donors (Lipinski definition) is 1. The molecule has 0 saturated carbocycles. The van der Waals surface area contributed by atoms with E-state index in [4.69, 9.17) is 23.2 Å². The monoisotopic (exact) mass is 462 g/mol. The number of halogens is 2. The fourth-order valence-electron chi connectivity index (χ4n) is 3.88. The molecule has 3 aromatic rings. The quantitative estimate of drug-likeness (QED) is 0.640. The van der Waals surface area contributed by atoms with E-state index >= 15 is 0 Å². The smallest absolute Gasteiger partial charge is 0.281 e. The van der Waals surface area contributed by atoms with E-state index in [9.17, 15) is 9.59 Å². The van der Waals surface area contributed by atoms with E-state index in [-0.39, 0.29) is 29.4 Å². The topological polar surface area (TPSA) is 96.8 Å². The third kappa shape index (κ3) is 4.32. The normalized spacial score (nSPS) is 17.3. The Balaban J connectivity index is 1.68. The number of H-pyrrole nitrogens is 1. The maximum absolute atomic E-state index is 12.7. The lowest BCUT2D eigenvalue weighted by Gasteiger charge is -2.36. The molecule has 164 valence electrons. The molecule has 0 unspecified atom stereocenters. The standard InChI is InChI=1S/C21H24Cl2N6O2/c1-21(2,3)20(31)28-9-5-6-12(10-28)17-24-18-16(19(30)25-17)26-27-29(18)11-13-14(22)7-4-8-15(13)23/h4,7-8,12H,5-6,9-11H2,1-3H3,(H,24,25,30)/t12-/m1/s1. The van der Waals surface area contributed by atoms with Gasteiger partial charge in [-0.3, -0.25) is 9.59 Å². The summed E-state index contributed by atoms with van der Waals surface area (Å²) in [6.45, 7) is 7.20. The molecule has 0 radical (unpaired) electrons. The van der Waals surface area contributed by atoms with E-state index < -0.39 is 5.41 Å². The summed E-state index contributed by atoms with van der Waals surface area (Å²) in [6.07, 6.45) is 1.68. The number of likely N-dealkylation sites (tertiary alicyclic amines) is 1. The van der Waals surface area contributed by atoms with Gasteiger partial charge in [-0.1, -0.05) is 55.3 Å². The van der Waals surface area contributed by atoms with Crippen molar-refractivity contribution in [2.75, 3.05) is 13.1 Å². The van der Waals surface area contributed by atoms with Crippen molar-refractivity contribution in [2.24, 2.45) is 5.41 Å². The number of nitrogens with one attached hydrogen (secondary N) is 1. The second-order valence-electron chi connectivity index (χ2n) is 8.91. The molecule has 1 aromatic carbocycles. The highest BCUT2D eigenvalue weighted by molar-refractivity contribution is 6.36. The molecule has 1 aliphatic heterocycles. The van der Waals surface area contributed by atoms with Crippen LogP contribution in [-0.2, 0) is 11.3 Å². The number of hydrogen-bond acceptors (Lipinski definition) is 5. The average molecular weight is 463 g/mol. The van der Waals surface area contributed by atoms with Crippen LogP contribution in [-0.4, -0.2) is 48.9 Å². The summed E-state index contributed by atoms with van der Waals surface area (Å²) in [7, 11) is 0. The van der Waals surface area contributed by atoms with Gasteiger partial charge in [0, 0.05) is 40.0 Å². The zero-order valence-corrected chi connectivity index (χ0v) is 19.2. The van der Waals surface area contributed by atoms with Crippen molar-refractivity contribution in [3.63, 3.8) is 0 Å². The number of benzene rings is 1. The largest absolute Gasteiger partial charge is 0.342 e. The van der Waals surface area contributed by atoms with Crippen LogP contribution in [0.4, 0.5) is 0 Å². The predicted octanol–water partition coefficient (Wildman–Crippen LogP) is 3.62. The van der Waals surface area contributed by atoms with Crippen LogP contribution < -0.4 is 5.56 Å². The molecule has 1 atom stereocenters. The van der Waals surface area contributed by atoms with E-state index in [2.05, 4.69) is 20.3 Å². The fourth-order valence-corrected chi connectivity index (χ4v) is 4.39. The van der Waals surface area contributed by atoms with Gasteiger partial charge in [-0.15, -0.1) is 5.10 Å². The van der Waals surface area contributed by atoms with Crippen molar-refractivity contribution < 1.29 is 4.79 Å². The number of aromatic amines is 1. The Kier molecular flexibility index (Phi) is 5.79. The minimum atomic E-state index is -0.455. The number of nitrogens with zero attached hydrogens (tertiary/aromatic N) is 5. The SMILES string of the molecule is CC(C)(C)C(=O)N1CCC[C@@H](c2nc3c(nnn3Cc3c(Cl)cccc3Cl)c(=O)[nH]2)C1. The summed E-state index contributed by atoms with van der Waals surface area (Å²) in [5.41, 5.74) is 0.403. The molecule has 2 aromatic heterocycles. The van der Waals surface area contributed by atoms with Crippen molar-refractivity contribution in [1.82, 2.24) is 29.9 Å². The maximum Gasteiger partial charge on any atom is 0.281 e. The maximum atomic E-state index is 12.7. The van der Waals surface area contributed by atoms with Gasteiger partial charge in [0.25, 0.3) is 5.56 Å². The lowest BCUT2D eigenvalue weighted by atomic mass is 9.91. The van der Waals surface area contributed by atoms with Crippen molar-refractivity contribution in [3.05, 3.63) is 50.0 Å². The highest BCUT2D eigenvalue weighted by Crippen LogP contribution is 2.29. The molecule has 0 aliphatic carbocycles. The van der Waals surface area contributed by atoms with Crippen LogP contribution in [0.5, 0.6) is 0 Å². The predicted molar refractivity (Wildman–Crippen MR) is 120 cm³/mol. The van der Waals surface area contributed by atoms with Crippen LogP contribution in [0, 0.1) is 5.41 Å². The van der Waals surface area contributed by atoms with Crippen LogP contribution in [0.25, 0.3) is 11.2 Å². The van der Waals surface area contributed by atoms with Crippen molar-refractivity contribution in [1.29, 1.82) is 0 Å². The third-order valence-corrected chi connectivity index (χ3v) is 6.21. The van der Waals surface area contributed by atoms with Gasteiger partial charge >= 0.3 is 0 Å². The van der Waals surface area contributed by atoms with Gasteiger partial charge < -0.3 is 9.88 Å². The summed E-state index contributed by atoms with van der Waals surface area (Å²) in [5, 5.41) is 9.10. The molecule has 1 N–H and O–H groups in total. The second kappa shape index (κ2) is 8.24. The second-order valence-corrected chi connectivity index (χ2v) is 9.73. The van der Waals surface area contributed by atoms with Gasteiger partial charge in [0.15, 0.2) is 11.2 Å². The summed E-state index contributed by atoms with van der Waals surface area (Å²) in [4.78, 5) is 34.8. The lowest BCUT2D eigenvalue weighted by Crippen LogP contribution is -2.45. The Bertz CT molecular complexity index is 1180. The van der Waals surface area contributed by atoms with Gasteiger partial charge in [0.1, 0.15) is 5.82 Å². The van der Waals surface area contributed by atoms with E-state index in [1.54, 1.807) is 18.2 Å². The van der Waals surface area contributed by atoms with Gasteiger partial charge in [0.2, 0.25) is 5.91 Å². The van der Waals surface area contributed by atoms with Crippen LogP contribution in [0.1, 0.15) is 50.9 Å². The first-order valence-corrected chi connectivity index (χ1v) is 11.0. The molecule has 0 bridgehead atoms. The van der Waals surface area contributed by atoms with Crippen LogP contribution in [0.15, 0.2) is 23.0 Å². The number of amides is 1. The van der Waals surface area contributed by atoms with E-state index in [1.807, 2.05) is 25.7 Å². The first-order valence-electron chi connectivity index (χ1n) is 10.2. The molecule has 1 amide bonds. The van der Waals surface area contributed by atoms with E-state index in [0.29, 0.717) is 40.2 Å². The van der Waals surface area contributed by atoms with Crippen LogP contribution in [0.2, 0.25) is 10.0 Å². The number of carbonyl (C=O) groups excluding carboxylic acids is 1. The van der Waals surface area contributed by atoms with Gasteiger partial charge in [-0.2, -0.15) is 0 Å². The van der Waals surface area contributed by atoms with E-state index in [1.165, 1.54) is 4.68 Å².